The Morgan fingerprint density at radius 3 is 2.26 bits per heavy atom. The predicted molar refractivity (Wildman–Crippen MR) is 87.2 cm³/mol. The molecule has 1 saturated carbocycles. The fourth-order valence-electron chi connectivity index (χ4n) is 4.65. The zero-order chi connectivity index (χ0) is 17.2. The van der Waals surface area contributed by atoms with Crippen LogP contribution in [0.3, 0.4) is 0 Å². The Balaban J connectivity index is 1.96. The minimum Gasteiger partial charge on any atom is -0.481 e. The molecule has 1 aliphatic carbocycles. The number of urea groups is 1. The van der Waals surface area contributed by atoms with Gasteiger partial charge in [-0.15, -0.1) is 0 Å². The second-order valence-electron chi connectivity index (χ2n) is 6.98. The summed E-state index contributed by atoms with van der Waals surface area (Å²) in [5.41, 5.74) is 0.00319. The molecular formula is C17H30N2O4. The van der Waals surface area contributed by atoms with E-state index in [9.17, 15) is 9.59 Å². The van der Waals surface area contributed by atoms with E-state index in [1.165, 1.54) is 0 Å². The number of hydrogen-bond acceptors (Lipinski definition) is 3. The molecule has 3 unspecified atom stereocenters. The zero-order valence-corrected chi connectivity index (χ0v) is 14.7. The molecule has 1 saturated heterocycles. The molecule has 0 aromatic heterocycles. The first kappa shape index (κ1) is 18.0. The number of likely N-dealkylation sites (tertiary alicyclic amines) is 1. The first-order valence-corrected chi connectivity index (χ1v) is 8.72. The van der Waals surface area contributed by atoms with Gasteiger partial charge in [-0.2, -0.15) is 0 Å². The molecule has 2 N–H and O–H groups in total. The van der Waals surface area contributed by atoms with Crippen molar-refractivity contribution in [2.45, 2.75) is 58.6 Å². The van der Waals surface area contributed by atoms with Crippen molar-refractivity contribution in [1.29, 1.82) is 0 Å². The molecular weight excluding hydrogens is 296 g/mol. The van der Waals surface area contributed by atoms with Gasteiger partial charge in [0, 0.05) is 37.6 Å². The minimum absolute atomic E-state index is 0.00319. The molecule has 3 atom stereocenters. The van der Waals surface area contributed by atoms with E-state index in [1.807, 2.05) is 0 Å². The van der Waals surface area contributed by atoms with Crippen molar-refractivity contribution in [3.63, 3.8) is 0 Å². The van der Waals surface area contributed by atoms with Crippen molar-refractivity contribution in [3.8, 4) is 0 Å². The molecule has 0 aromatic carbocycles. The Bertz CT molecular complexity index is 442. The van der Waals surface area contributed by atoms with Crippen LogP contribution in [0.5, 0.6) is 0 Å². The summed E-state index contributed by atoms with van der Waals surface area (Å²) in [6.07, 6.45) is 3.20. The molecule has 2 fully saturated rings. The monoisotopic (exact) mass is 326 g/mol. The van der Waals surface area contributed by atoms with E-state index in [2.05, 4.69) is 26.1 Å². The number of rotatable bonds is 5. The average molecular weight is 326 g/mol. The van der Waals surface area contributed by atoms with Gasteiger partial charge in [-0.1, -0.05) is 20.8 Å². The largest absolute Gasteiger partial charge is 0.481 e. The van der Waals surface area contributed by atoms with Crippen LogP contribution < -0.4 is 5.32 Å². The van der Waals surface area contributed by atoms with Gasteiger partial charge in [-0.3, -0.25) is 4.79 Å². The Labute approximate surface area is 138 Å². The lowest BCUT2D eigenvalue weighted by Gasteiger charge is -2.59. The van der Waals surface area contributed by atoms with E-state index < -0.39 is 5.97 Å². The molecule has 1 heterocycles. The van der Waals surface area contributed by atoms with E-state index in [-0.39, 0.29) is 29.5 Å². The van der Waals surface area contributed by atoms with Crippen molar-refractivity contribution in [2.75, 3.05) is 20.2 Å². The van der Waals surface area contributed by atoms with E-state index in [0.717, 1.165) is 12.8 Å². The number of piperidine rings is 1. The summed E-state index contributed by atoms with van der Waals surface area (Å²) in [5, 5.41) is 12.2. The number of carbonyl (C=O) groups excluding carboxylic acids is 1. The van der Waals surface area contributed by atoms with E-state index in [1.54, 1.807) is 12.0 Å². The number of methoxy groups -OCH3 is 1. The third-order valence-corrected chi connectivity index (χ3v) is 6.17. The topological polar surface area (TPSA) is 78.9 Å². The van der Waals surface area contributed by atoms with E-state index in [4.69, 9.17) is 9.84 Å². The summed E-state index contributed by atoms with van der Waals surface area (Å²) in [6.45, 7) is 7.46. The predicted octanol–water partition coefficient (Wildman–Crippen LogP) is 2.33. The zero-order valence-electron chi connectivity index (χ0n) is 14.7. The smallest absolute Gasteiger partial charge is 0.317 e. The lowest BCUT2D eigenvalue weighted by molar-refractivity contribution is -0.165. The maximum Gasteiger partial charge on any atom is 0.317 e. The number of nitrogens with zero attached hydrogens (tertiary/aromatic N) is 1. The molecule has 0 aromatic rings. The highest BCUT2D eigenvalue weighted by atomic mass is 16.5. The third kappa shape index (κ3) is 3.05. The van der Waals surface area contributed by atoms with E-state index in [0.29, 0.717) is 31.8 Å². The number of ether oxygens (including phenoxy) is 1. The van der Waals surface area contributed by atoms with Gasteiger partial charge in [0.1, 0.15) is 0 Å². The summed E-state index contributed by atoms with van der Waals surface area (Å²) < 4.78 is 5.66. The second kappa shape index (κ2) is 7.07. The van der Waals surface area contributed by atoms with Crippen molar-refractivity contribution in [1.82, 2.24) is 10.2 Å². The minimum atomic E-state index is -0.753. The summed E-state index contributed by atoms with van der Waals surface area (Å²) >= 11 is 0. The molecule has 0 bridgehead atoms. The van der Waals surface area contributed by atoms with Crippen LogP contribution in [-0.2, 0) is 9.53 Å². The fourth-order valence-corrected chi connectivity index (χ4v) is 4.65. The highest BCUT2D eigenvalue weighted by molar-refractivity contribution is 5.76. The van der Waals surface area contributed by atoms with Crippen LogP contribution in [0.25, 0.3) is 0 Å². The Morgan fingerprint density at radius 2 is 1.83 bits per heavy atom. The second-order valence-corrected chi connectivity index (χ2v) is 6.98. The first-order chi connectivity index (χ1) is 10.9. The molecule has 0 radical (unpaired) electrons. The third-order valence-electron chi connectivity index (χ3n) is 6.17. The summed E-state index contributed by atoms with van der Waals surface area (Å²) in [5.74, 6) is -0.776. The molecule has 1 aliphatic heterocycles. The fraction of sp³-hybridized carbons (Fsp3) is 0.882. The van der Waals surface area contributed by atoms with Gasteiger partial charge in [-0.25, -0.2) is 4.79 Å². The molecule has 132 valence electrons. The van der Waals surface area contributed by atoms with Crippen molar-refractivity contribution >= 4 is 12.0 Å². The number of amides is 2. The van der Waals surface area contributed by atoms with Crippen LogP contribution in [0.4, 0.5) is 4.79 Å². The molecule has 0 spiro atoms. The maximum atomic E-state index is 12.6. The molecule has 2 amide bonds. The quantitative estimate of drug-likeness (QED) is 0.813. The van der Waals surface area contributed by atoms with Gasteiger partial charge in [0.2, 0.25) is 0 Å². The summed E-state index contributed by atoms with van der Waals surface area (Å²) in [4.78, 5) is 25.3. The van der Waals surface area contributed by atoms with Gasteiger partial charge in [0.15, 0.2) is 0 Å². The van der Waals surface area contributed by atoms with Gasteiger partial charge in [-0.05, 0) is 25.7 Å². The number of nitrogens with one attached hydrogen (secondary N) is 1. The molecule has 6 heteroatoms. The number of carboxylic acids is 1. The Morgan fingerprint density at radius 1 is 1.26 bits per heavy atom. The lowest BCUT2D eigenvalue weighted by atomic mass is 9.53. The number of hydrogen-bond donors (Lipinski definition) is 2. The van der Waals surface area contributed by atoms with Crippen LogP contribution in [0.2, 0.25) is 0 Å². The number of carbonyl (C=O) groups is 2. The molecule has 23 heavy (non-hydrogen) atoms. The lowest BCUT2D eigenvalue weighted by Crippen LogP contribution is -2.71. The van der Waals surface area contributed by atoms with Crippen molar-refractivity contribution in [3.05, 3.63) is 0 Å². The summed E-state index contributed by atoms with van der Waals surface area (Å²) in [6, 6.07) is 0.0543. The standard InChI is InChI=1S/C17H30N2O4/c1-5-17(6-2)13(11(3)14(17)23-4)18-16(22)19-9-7-12(8-10-19)15(20)21/h11-14H,5-10H2,1-4H3,(H,18,22)(H,20,21). The highest BCUT2D eigenvalue weighted by Gasteiger charge is 2.59. The highest BCUT2D eigenvalue weighted by Crippen LogP contribution is 2.52. The summed E-state index contributed by atoms with van der Waals surface area (Å²) in [7, 11) is 1.75. The Hall–Kier alpha value is -1.30. The SMILES string of the molecule is CCC1(CC)C(NC(=O)N2CCC(C(=O)O)CC2)C(C)C1OC. The van der Waals surface area contributed by atoms with E-state index >= 15 is 0 Å². The van der Waals surface area contributed by atoms with Crippen LogP contribution in [0.1, 0.15) is 46.5 Å². The Kier molecular flexibility index (Phi) is 5.55. The number of aliphatic carboxylic acids is 1. The molecule has 6 nitrogen and oxygen atoms in total. The average Bonchev–Trinajstić information content (AvgIpc) is 2.56. The maximum absolute atomic E-state index is 12.6. The normalized spacial score (nSPS) is 30.6. The van der Waals surface area contributed by atoms with Gasteiger partial charge < -0.3 is 20.1 Å². The molecule has 2 rings (SSSR count). The van der Waals surface area contributed by atoms with Crippen LogP contribution in [-0.4, -0.2) is 54.4 Å². The van der Waals surface area contributed by atoms with Crippen LogP contribution >= 0.6 is 0 Å². The van der Waals surface area contributed by atoms with Crippen molar-refractivity contribution in [2.24, 2.45) is 17.3 Å². The number of carboxylic acid groups (broad SMARTS) is 1. The first-order valence-electron chi connectivity index (χ1n) is 8.72. The van der Waals surface area contributed by atoms with Crippen LogP contribution in [0.15, 0.2) is 0 Å². The van der Waals surface area contributed by atoms with Crippen LogP contribution in [0, 0.1) is 17.3 Å². The van der Waals surface area contributed by atoms with Gasteiger partial charge in [0.05, 0.1) is 12.0 Å². The molecule has 2 aliphatic rings. The van der Waals surface area contributed by atoms with Gasteiger partial charge >= 0.3 is 12.0 Å². The van der Waals surface area contributed by atoms with Gasteiger partial charge in [0.25, 0.3) is 0 Å². The van der Waals surface area contributed by atoms with Crippen molar-refractivity contribution < 1.29 is 19.4 Å².